The van der Waals surface area contributed by atoms with Crippen LogP contribution in [0.15, 0.2) is 0 Å². The van der Waals surface area contributed by atoms with Crippen LogP contribution in [0.5, 0.6) is 0 Å². The number of carboxylic acids is 1. The number of primary amides is 1. The van der Waals surface area contributed by atoms with Gasteiger partial charge in [0.15, 0.2) is 0 Å². The van der Waals surface area contributed by atoms with Gasteiger partial charge in [0.1, 0.15) is 18.1 Å². The van der Waals surface area contributed by atoms with E-state index < -0.39 is 53.8 Å². The molecule has 7 N–H and O–H groups in total. The molecule has 1 aliphatic heterocycles. The predicted molar refractivity (Wildman–Crippen MR) is 124 cm³/mol. The van der Waals surface area contributed by atoms with Crippen molar-refractivity contribution in [3.63, 3.8) is 0 Å². The Balaban J connectivity index is 2.87. The van der Waals surface area contributed by atoms with Gasteiger partial charge in [-0.05, 0) is 49.7 Å². The average molecular weight is 492 g/mol. The van der Waals surface area contributed by atoms with Gasteiger partial charge in [-0.25, -0.2) is 4.79 Å². The van der Waals surface area contributed by atoms with Gasteiger partial charge in [0, 0.05) is 6.54 Å². The number of nitrogens with zero attached hydrogens (tertiary/aromatic N) is 1. The first-order chi connectivity index (χ1) is 15.1. The van der Waals surface area contributed by atoms with Gasteiger partial charge in [-0.15, -0.1) is 0 Å². The molecule has 0 aromatic carbocycles. The van der Waals surface area contributed by atoms with E-state index in [9.17, 15) is 29.1 Å². The van der Waals surface area contributed by atoms with Gasteiger partial charge in [-0.2, -0.15) is 23.5 Å². The summed E-state index contributed by atoms with van der Waals surface area (Å²) in [5.74, 6) is -2.37. The highest BCUT2D eigenvalue weighted by molar-refractivity contribution is 7.98. The minimum absolute atomic E-state index is 0.258. The molecular formula is C19H33N5O6S2. The van der Waals surface area contributed by atoms with Crippen molar-refractivity contribution in [1.29, 1.82) is 0 Å². The summed E-state index contributed by atoms with van der Waals surface area (Å²) in [6, 6.07) is -3.95. The van der Waals surface area contributed by atoms with Crippen LogP contribution in [0.3, 0.4) is 0 Å². The van der Waals surface area contributed by atoms with Gasteiger partial charge in [-0.3, -0.25) is 19.2 Å². The lowest BCUT2D eigenvalue weighted by Crippen LogP contribution is -2.57. The summed E-state index contributed by atoms with van der Waals surface area (Å²) in [6.07, 6.45) is 4.89. The lowest BCUT2D eigenvalue weighted by Gasteiger charge is -2.28. The van der Waals surface area contributed by atoms with Crippen molar-refractivity contribution >= 4 is 53.1 Å². The Morgan fingerprint density at radius 2 is 1.66 bits per heavy atom. The van der Waals surface area contributed by atoms with Gasteiger partial charge >= 0.3 is 5.97 Å². The number of likely N-dealkylation sites (tertiary alicyclic amines) is 1. The first kappa shape index (κ1) is 28.0. The van der Waals surface area contributed by atoms with Crippen LogP contribution in [0, 0.1) is 0 Å². The van der Waals surface area contributed by atoms with Crippen molar-refractivity contribution < 1.29 is 29.1 Å². The summed E-state index contributed by atoms with van der Waals surface area (Å²) < 4.78 is 0. The zero-order chi connectivity index (χ0) is 24.3. The van der Waals surface area contributed by atoms with Gasteiger partial charge in [0.2, 0.25) is 23.6 Å². The standard InChI is InChI=1S/C19H33N5O6S2/c1-31-8-5-12(16(26)23-13(19(29)30)6-9-32-2)22-17(27)14-4-3-7-24(14)18(28)11(20)10-15(21)25/h11-14H,3-10,20H2,1-2H3,(H2,21,25)(H,22,27)(H,23,26)(H,29,30)/t11-,12-,13-,14-/m0/s1. The molecule has 0 aromatic rings. The van der Waals surface area contributed by atoms with Gasteiger partial charge in [0.25, 0.3) is 0 Å². The van der Waals surface area contributed by atoms with Crippen LogP contribution in [0.4, 0.5) is 0 Å². The van der Waals surface area contributed by atoms with E-state index in [1.807, 2.05) is 12.5 Å². The van der Waals surface area contributed by atoms with Crippen LogP contribution < -0.4 is 22.1 Å². The smallest absolute Gasteiger partial charge is 0.326 e. The molecule has 1 rings (SSSR count). The molecule has 1 saturated heterocycles. The fourth-order valence-corrected chi connectivity index (χ4v) is 4.30. The third-order valence-electron chi connectivity index (χ3n) is 5.05. The number of hydrogen-bond donors (Lipinski definition) is 5. The summed E-state index contributed by atoms with van der Waals surface area (Å²) in [5.41, 5.74) is 10.9. The lowest BCUT2D eigenvalue weighted by atomic mass is 10.1. The van der Waals surface area contributed by atoms with E-state index in [-0.39, 0.29) is 12.8 Å². The third kappa shape index (κ3) is 8.87. The number of rotatable bonds is 14. The zero-order valence-electron chi connectivity index (χ0n) is 18.4. The lowest BCUT2D eigenvalue weighted by molar-refractivity contribution is -0.143. The van der Waals surface area contributed by atoms with Gasteiger partial charge in [-0.1, -0.05) is 0 Å². The van der Waals surface area contributed by atoms with Crippen LogP contribution in [0.2, 0.25) is 0 Å². The molecule has 1 aliphatic rings. The largest absolute Gasteiger partial charge is 0.480 e. The monoisotopic (exact) mass is 491 g/mol. The topological polar surface area (TPSA) is 185 Å². The van der Waals surface area contributed by atoms with E-state index in [4.69, 9.17) is 11.5 Å². The Bertz CT molecular complexity index is 695. The molecule has 32 heavy (non-hydrogen) atoms. The normalized spacial score (nSPS) is 18.5. The molecule has 0 aromatic heterocycles. The van der Waals surface area contributed by atoms with Crippen LogP contribution in [-0.4, -0.2) is 94.3 Å². The molecule has 13 heteroatoms. The van der Waals surface area contributed by atoms with E-state index in [1.165, 1.54) is 28.4 Å². The second-order valence-corrected chi connectivity index (χ2v) is 9.46. The summed E-state index contributed by atoms with van der Waals surface area (Å²) in [6.45, 7) is 0.306. The van der Waals surface area contributed by atoms with E-state index in [1.54, 1.807) is 0 Å². The molecule has 4 amide bonds. The minimum Gasteiger partial charge on any atom is -0.480 e. The highest BCUT2D eigenvalue weighted by Gasteiger charge is 2.38. The van der Waals surface area contributed by atoms with Gasteiger partial charge in [0.05, 0.1) is 12.5 Å². The van der Waals surface area contributed by atoms with Crippen molar-refractivity contribution in [2.24, 2.45) is 11.5 Å². The molecule has 4 atom stereocenters. The number of carbonyl (C=O) groups is 5. The van der Waals surface area contributed by atoms with Crippen molar-refractivity contribution in [3.8, 4) is 0 Å². The Hall–Kier alpha value is -1.99. The van der Waals surface area contributed by atoms with E-state index in [0.29, 0.717) is 37.3 Å². The van der Waals surface area contributed by atoms with Crippen LogP contribution in [-0.2, 0) is 24.0 Å². The molecule has 0 aliphatic carbocycles. The molecule has 0 saturated carbocycles. The average Bonchev–Trinajstić information content (AvgIpc) is 3.22. The fraction of sp³-hybridized carbons (Fsp3) is 0.737. The molecule has 1 heterocycles. The molecule has 0 spiro atoms. The maximum Gasteiger partial charge on any atom is 0.326 e. The Morgan fingerprint density at radius 3 is 2.19 bits per heavy atom. The zero-order valence-corrected chi connectivity index (χ0v) is 20.0. The Labute approximate surface area is 196 Å². The van der Waals surface area contributed by atoms with E-state index in [2.05, 4.69) is 10.6 Å². The quantitative estimate of drug-likeness (QED) is 0.198. The summed E-state index contributed by atoms with van der Waals surface area (Å²) >= 11 is 2.95. The third-order valence-corrected chi connectivity index (χ3v) is 6.33. The first-order valence-electron chi connectivity index (χ1n) is 10.3. The van der Waals surface area contributed by atoms with Crippen molar-refractivity contribution in [2.75, 3.05) is 30.6 Å². The highest BCUT2D eigenvalue weighted by atomic mass is 32.2. The van der Waals surface area contributed by atoms with Crippen LogP contribution in [0.25, 0.3) is 0 Å². The highest BCUT2D eigenvalue weighted by Crippen LogP contribution is 2.19. The molecule has 0 bridgehead atoms. The molecule has 11 nitrogen and oxygen atoms in total. The second-order valence-electron chi connectivity index (χ2n) is 7.49. The van der Waals surface area contributed by atoms with Crippen molar-refractivity contribution in [3.05, 3.63) is 0 Å². The van der Waals surface area contributed by atoms with Crippen molar-refractivity contribution in [2.45, 2.75) is 56.3 Å². The number of carboxylic acid groups (broad SMARTS) is 1. The van der Waals surface area contributed by atoms with Crippen molar-refractivity contribution in [1.82, 2.24) is 15.5 Å². The predicted octanol–water partition coefficient (Wildman–Crippen LogP) is -1.26. The Morgan fingerprint density at radius 1 is 1.06 bits per heavy atom. The maximum atomic E-state index is 12.9. The molecule has 0 unspecified atom stereocenters. The molecule has 1 fully saturated rings. The second kappa shape index (κ2) is 14.2. The number of hydrogen-bond acceptors (Lipinski definition) is 8. The number of thioether (sulfide) groups is 2. The van der Waals surface area contributed by atoms with Crippen LogP contribution in [0.1, 0.15) is 32.1 Å². The van der Waals surface area contributed by atoms with E-state index in [0.717, 1.165) is 0 Å². The van der Waals surface area contributed by atoms with Crippen LogP contribution >= 0.6 is 23.5 Å². The number of amides is 4. The fourth-order valence-electron chi connectivity index (χ4n) is 3.36. The van der Waals surface area contributed by atoms with E-state index >= 15 is 0 Å². The first-order valence-corrected chi connectivity index (χ1v) is 13.1. The molecule has 182 valence electrons. The number of nitrogens with one attached hydrogen (secondary N) is 2. The summed E-state index contributed by atoms with van der Waals surface area (Å²) in [7, 11) is 0. The summed E-state index contributed by atoms with van der Waals surface area (Å²) in [4.78, 5) is 62.1. The summed E-state index contributed by atoms with van der Waals surface area (Å²) in [5, 5.41) is 14.5. The molecular weight excluding hydrogens is 458 g/mol. The molecule has 0 radical (unpaired) electrons. The Kier molecular flexibility index (Phi) is 12.5. The number of carbonyl (C=O) groups excluding carboxylic acids is 4. The SMILES string of the molecule is CSCC[C@H](NC(=O)[C@H](CCSC)NC(=O)[C@@H]1CCCN1C(=O)[C@@H](N)CC(N)=O)C(=O)O. The minimum atomic E-state index is -1.14. The van der Waals surface area contributed by atoms with Gasteiger partial charge < -0.3 is 32.1 Å². The maximum absolute atomic E-state index is 12.9. The number of aliphatic carboxylic acids is 1. The number of nitrogens with two attached hydrogens (primary N) is 2.